The van der Waals surface area contributed by atoms with Gasteiger partial charge in [-0.05, 0) is 37.3 Å². The van der Waals surface area contributed by atoms with Gasteiger partial charge in [0.05, 0.1) is 5.25 Å². The molecule has 1 aliphatic rings. The maximum atomic E-state index is 12.5. The van der Waals surface area contributed by atoms with E-state index in [0.29, 0.717) is 17.1 Å². The molecule has 0 radical (unpaired) electrons. The third kappa shape index (κ3) is 3.71. The summed E-state index contributed by atoms with van der Waals surface area (Å²) in [7, 11) is 0. The summed E-state index contributed by atoms with van der Waals surface area (Å²) < 4.78 is 5.69. The molecule has 1 fully saturated rings. The summed E-state index contributed by atoms with van der Waals surface area (Å²) in [5.41, 5.74) is 1.59. The number of nitrogens with zero attached hydrogens (tertiary/aromatic N) is 1. The van der Waals surface area contributed by atoms with Gasteiger partial charge in [0.15, 0.2) is 5.58 Å². The fraction of sp³-hybridized carbons (Fsp3) is 0.556. The molecule has 2 aromatic rings. The molecular weight excluding hydrogens is 308 g/mol. The van der Waals surface area contributed by atoms with Crippen molar-refractivity contribution in [2.75, 3.05) is 0 Å². The van der Waals surface area contributed by atoms with Gasteiger partial charge in [0.25, 0.3) is 5.22 Å². The summed E-state index contributed by atoms with van der Waals surface area (Å²) in [6.07, 6.45) is 3.54. The quantitative estimate of drug-likeness (QED) is 0.851. The van der Waals surface area contributed by atoms with E-state index < -0.39 is 0 Å². The highest BCUT2D eigenvalue weighted by Crippen LogP contribution is 2.31. The average molecular weight is 332 g/mol. The second kappa shape index (κ2) is 6.95. The van der Waals surface area contributed by atoms with Crippen molar-refractivity contribution in [3.63, 3.8) is 0 Å². The Bertz CT molecular complexity index is 651. The number of thioether (sulfide) groups is 1. The van der Waals surface area contributed by atoms with Gasteiger partial charge in [0, 0.05) is 6.04 Å². The standard InChI is InChI=1S/C18H24N2O2S/c1-11-7-6-9-14(12(11)2)19-17(21)13(3)23-18-20-15-8-4-5-10-16(15)22-18/h4-5,8,10-14H,6-7,9H2,1-3H3,(H,19,21)/t11-,12-,13-,14+/m1/s1. The summed E-state index contributed by atoms with van der Waals surface area (Å²) in [5.74, 6) is 1.28. The van der Waals surface area contributed by atoms with Crippen LogP contribution in [-0.4, -0.2) is 22.2 Å². The molecule has 1 heterocycles. The highest BCUT2D eigenvalue weighted by atomic mass is 32.2. The van der Waals surface area contributed by atoms with Crippen LogP contribution in [0.1, 0.15) is 40.0 Å². The fourth-order valence-electron chi connectivity index (χ4n) is 3.19. The Morgan fingerprint density at radius 1 is 1.35 bits per heavy atom. The zero-order valence-corrected chi connectivity index (χ0v) is 14.7. The number of amides is 1. The third-order valence-electron chi connectivity index (χ3n) is 4.96. The number of hydrogen-bond acceptors (Lipinski definition) is 4. The van der Waals surface area contributed by atoms with Crippen molar-refractivity contribution in [3.8, 4) is 0 Å². The van der Waals surface area contributed by atoms with Crippen LogP contribution in [0, 0.1) is 11.8 Å². The highest BCUT2D eigenvalue weighted by molar-refractivity contribution is 8.00. The lowest BCUT2D eigenvalue weighted by atomic mass is 9.78. The molecule has 1 aromatic carbocycles. The Kier molecular flexibility index (Phi) is 4.95. The molecule has 1 saturated carbocycles. The van der Waals surface area contributed by atoms with E-state index in [0.717, 1.165) is 17.5 Å². The first-order valence-electron chi connectivity index (χ1n) is 8.37. The molecule has 3 rings (SSSR count). The van der Waals surface area contributed by atoms with Gasteiger partial charge in [0.2, 0.25) is 5.91 Å². The summed E-state index contributed by atoms with van der Waals surface area (Å²) in [6.45, 7) is 6.43. The molecule has 0 bridgehead atoms. The van der Waals surface area contributed by atoms with Gasteiger partial charge in [0.1, 0.15) is 5.52 Å². The molecule has 0 aliphatic heterocycles. The van der Waals surface area contributed by atoms with E-state index in [-0.39, 0.29) is 17.2 Å². The minimum absolute atomic E-state index is 0.0724. The number of hydrogen-bond donors (Lipinski definition) is 1. The van der Waals surface area contributed by atoms with Crippen LogP contribution >= 0.6 is 11.8 Å². The van der Waals surface area contributed by atoms with E-state index in [2.05, 4.69) is 24.1 Å². The van der Waals surface area contributed by atoms with E-state index in [4.69, 9.17) is 4.42 Å². The van der Waals surface area contributed by atoms with Crippen LogP contribution in [0.2, 0.25) is 0 Å². The number of carbonyl (C=O) groups excluding carboxylic acids is 1. The first-order chi connectivity index (χ1) is 11.0. The second-order valence-electron chi connectivity index (χ2n) is 6.59. The largest absolute Gasteiger partial charge is 0.431 e. The monoisotopic (exact) mass is 332 g/mol. The van der Waals surface area contributed by atoms with Crippen LogP contribution in [0.3, 0.4) is 0 Å². The van der Waals surface area contributed by atoms with Crippen LogP contribution in [-0.2, 0) is 4.79 Å². The first-order valence-corrected chi connectivity index (χ1v) is 9.25. The van der Waals surface area contributed by atoms with Crippen molar-refractivity contribution in [1.82, 2.24) is 10.3 Å². The number of benzene rings is 1. The van der Waals surface area contributed by atoms with Gasteiger partial charge in [-0.2, -0.15) is 0 Å². The average Bonchev–Trinajstić information content (AvgIpc) is 2.93. The maximum Gasteiger partial charge on any atom is 0.257 e. The molecular formula is C18H24N2O2S. The Labute approximate surface area is 141 Å². The zero-order valence-electron chi connectivity index (χ0n) is 13.9. The van der Waals surface area contributed by atoms with Gasteiger partial charge in [-0.3, -0.25) is 4.79 Å². The second-order valence-corrected chi connectivity index (χ2v) is 7.88. The molecule has 4 atom stereocenters. The lowest BCUT2D eigenvalue weighted by molar-refractivity contribution is -0.121. The predicted molar refractivity (Wildman–Crippen MR) is 93.4 cm³/mol. The summed E-state index contributed by atoms with van der Waals surface area (Å²) >= 11 is 1.38. The van der Waals surface area contributed by atoms with Gasteiger partial charge in [-0.1, -0.05) is 50.6 Å². The van der Waals surface area contributed by atoms with Crippen LogP contribution in [0.5, 0.6) is 0 Å². The van der Waals surface area contributed by atoms with Crippen LogP contribution in [0.25, 0.3) is 11.1 Å². The molecule has 124 valence electrons. The van der Waals surface area contributed by atoms with Crippen molar-refractivity contribution < 1.29 is 9.21 Å². The van der Waals surface area contributed by atoms with Crippen molar-refractivity contribution in [2.45, 2.75) is 56.5 Å². The number of oxazole rings is 1. The molecule has 0 saturated heterocycles. The molecule has 1 N–H and O–H groups in total. The Balaban J connectivity index is 1.61. The third-order valence-corrected chi connectivity index (χ3v) is 5.90. The summed E-state index contributed by atoms with van der Waals surface area (Å²) in [5, 5.41) is 3.56. The van der Waals surface area contributed by atoms with E-state index in [1.165, 1.54) is 24.6 Å². The number of rotatable bonds is 4. The van der Waals surface area contributed by atoms with Crippen molar-refractivity contribution in [2.24, 2.45) is 11.8 Å². The Hall–Kier alpha value is -1.49. The van der Waals surface area contributed by atoms with Crippen molar-refractivity contribution in [3.05, 3.63) is 24.3 Å². The zero-order chi connectivity index (χ0) is 16.4. The summed E-state index contributed by atoms with van der Waals surface area (Å²) in [6, 6.07) is 7.95. The molecule has 1 amide bonds. The lowest BCUT2D eigenvalue weighted by Crippen LogP contribution is -2.46. The van der Waals surface area contributed by atoms with Crippen LogP contribution in [0.4, 0.5) is 0 Å². The van der Waals surface area contributed by atoms with E-state index >= 15 is 0 Å². The first kappa shape index (κ1) is 16.4. The molecule has 5 heteroatoms. The molecule has 0 unspecified atom stereocenters. The van der Waals surface area contributed by atoms with Gasteiger partial charge < -0.3 is 9.73 Å². The number of carbonyl (C=O) groups is 1. The fourth-order valence-corrected chi connectivity index (χ4v) is 3.96. The molecule has 4 nitrogen and oxygen atoms in total. The number of nitrogens with one attached hydrogen (secondary N) is 1. The smallest absolute Gasteiger partial charge is 0.257 e. The SMILES string of the molecule is C[C@@H]1[C@H](C)CCC[C@@H]1NC(=O)[C@@H](C)Sc1nc2ccccc2o1. The molecule has 23 heavy (non-hydrogen) atoms. The van der Waals surface area contributed by atoms with E-state index in [1.807, 2.05) is 31.2 Å². The Morgan fingerprint density at radius 2 is 2.13 bits per heavy atom. The lowest BCUT2D eigenvalue weighted by Gasteiger charge is -2.35. The van der Waals surface area contributed by atoms with Crippen LogP contribution < -0.4 is 5.32 Å². The number of fused-ring (bicyclic) bond motifs is 1. The molecule has 1 aromatic heterocycles. The minimum Gasteiger partial charge on any atom is -0.431 e. The predicted octanol–water partition coefficient (Wildman–Crippen LogP) is 4.25. The van der Waals surface area contributed by atoms with Crippen LogP contribution in [0.15, 0.2) is 33.9 Å². The van der Waals surface area contributed by atoms with E-state index in [1.54, 1.807) is 0 Å². The molecule has 0 spiro atoms. The van der Waals surface area contributed by atoms with Gasteiger partial charge in [-0.25, -0.2) is 4.98 Å². The summed E-state index contributed by atoms with van der Waals surface area (Å²) in [4.78, 5) is 16.9. The maximum absolute atomic E-state index is 12.5. The van der Waals surface area contributed by atoms with Gasteiger partial charge >= 0.3 is 0 Å². The normalized spacial score (nSPS) is 26.1. The topological polar surface area (TPSA) is 55.1 Å². The van der Waals surface area contributed by atoms with E-state index in [9.17, 15) is 4.79 Å². The van der Waals surface area contributed by atoms with Gasteiger partial charge in [-0.15, -0.1) is 0 Å². The minimum atomic E-state index is -0.215. The van der Waals surface area contributed by atoms with Crippen molar-refractivity contribution in [1.29, 1.82) is 0 Å². The Morgan fingerprint density at radius 3 is 2.91 bits per heavy atom. The highest BCUT2D eigenvalue weighted by Gasteiger charge is 2.29. The number of para-hydroxylation sites is 2. The number of aromatic nitrogens is 1. The van der Waals surface area contributed by atoms with Crippen molar-refractivity contribution >= 4 is 28.8 Å². The molecule has 1 aliphatic carbocycles.